The number of anilines is 1. The average Bonchev–Trinajstić information content (AvgIpc) is 2.66. The van der Waals surface area contributed by atoms with Crippen LogP contribution >= 0.6 is 28.1 Å². The molecule has 0 fully saturated rings. The average molecular weight is 439 g/mol. The van der Waals surface area contributed by atoms with Crippen molar-refractivity contribution in [3.05, 3.63) is 94.2 Å². The standard InChI is InChI=1S/C22H19BrN2OS/c1-15-9-8-10-16(2)19(15)24-22(27)20(25-13-6-3-7-14-25)21(26)17-11-4-5-12-18(17)23/h3-14H,1-2H3,(H-,24,26,27). The van der Waals surface area contributed by atoms with Crippen molar-refractivity contribution in [1.82, 2.24) is 0 Å². The Morgan fingerprint density at radius 2 is 1.56 bits per heavy atom. The third-order valence-corrected chi connectivity index (χ3v) is 5.23. The maximum atomic E-state index is 13.4. The molecule has 0 saturated carbocycles. The van der Waals surface area contributed by atoms with Crippen molar-refractivity contribution >= 4 is 50.3 Å². The van der Waals surface area contributed by atoms with Gasteiger partial charge in [-0.05, 0) is 42.4 Å². The molecule has 27 heavy (non-hydrogen) atoms. The molecule has 0 amide bonds. The first kappa shape index (κ1) is 19.3. The molecule has 0 aliphatic heterocycles. The number of rotatable bonds is 4. The fraction of sp³-hybridized carbons (Fsp3) is 0.0909. The first-order valence-corrected chi connectivity index (χ1v) is 9.69. The molecule has 136 valence electrons. The van der Waals surface area contributed by atoms with E-state index in [0.717, 1.165) is 21.3 Å². The number of aryl methyl sites for hydroxylation is 2. The molecule has 1 heterocycles. The van der Waals surface area contributed by atoms with E-state index in [4.69, 9.17) is 12.2 Å². The van der Waals surface area contributed by atoms with E-state index in [-0.39, 0.29) is 5.76 Å². The Hall–Kier alpha value is -2.50. The lowest BCUT2D eigenvalue weighted by atomic mass is 10.1. The van der Waals surface area contributed by atoms with Crippen molar-refractivity contribution in [3.8, 4) is 0 Å². The minimum Gasteiger partial charge on any atom is -0.867 e. The summed E-state index contributed by atoms with van der Waals surface area (Å²) in [7, 11) is 0. The Labute approximate surface area is 173 Å². The molecule has 0 atom stereocenters. The first-order valence-electron chi connectivity index (χ1n) is 8.49. The first-order chi connectivity index (χ1) is 13.0. The van der Waals surface area contributed by atoms with Crippen molar-refractivity contribution in [2.75, 3.05) is 5.32 Å². The highest BCUT2D eigenvalue weighted by Crippen LogP contribution is 2.25. The van der Waals surface area contributed by atoms with E-state index in [9.17, 15) is 5.11 Å². The second-order valence-corrected chi connectivity index (χ2v) is 7.42. The predicted molar refractivity (Wildman–Crippen MR) is 116 cm³/mol. The zero-order valence-electron chi connectivity index (χ0n) is 15.1. The number of nitrogens with one attached hydrogen (secondary N) is 1. The van der Waals surface area contributed by atoms with Crippen LogP contribution in [0.3, 0.4) is 0 Å². The summed E-state index contributed by atoms with van der Waals surface area (Å²) < 4.78 is 2.49. The van der Waals surface area contributed by atoms with Gasteiger partial charge in [-0.15, -0.1) is 0 Å². The van der Waals surface area contributed by atoms with Gasteiger partial charge in [-0.25, -0.2) is 0 Å². The molecule has 0 spiro atoms. The Bertz CT molecular complexity index is 996. The van der Waals surface area contributed by atoms with Crippen LogP contribution in [0.25, 0.3) is 11.5 Å². The third kappa shape index (κ3) is 4.26. The van der Waals surface area contributed by atoms with Gasteiger partial charge in [-0.1, -0.05) is 70.6 Å². The van der Waals surface area contributed by atoms with Crippen LogP contribution in [0.5, 0.6) is 0 Å². The van der Waals surface area contributed by atoms with E-state index >= 15 is 0 Å². The molecule has 1 aromatic heterocycles. The van der Waals surface area contributed by atoms with Crippen LogP contribution in [-0.2, 0) is 0 Å². The SMILES string of the molecule is Cc1cccc(C)c1NC(=S)/C(=C(\[O-])c1ccccc1Br)[n+]1ccccc1. The van der Waals surface area contributed by atoms with Crippen molar-refractivity contribution in [2.45, 2.75) is 13.8 Å². The van der Waals surface area contributed by atoms with Gasteiger partial charge in [0, 0.05) is 22.3 Å². The summed E-state index contributed by atoms with van der Waals surface area (Å²) in [5, 5.41) is 16.6. The van der Waals surface area contributed by atoms with Crippen LogP contribution in [-0.4, -0.2) is 4.99 Å². The minimum atomic E-state index is -0.151. The largest absolute Gasteiger partial charge is 0.867 e. The quantitative estimate of drug-likeness (QED) is 0.282. The molecule has 0 saturated heterocycles. The summed E-state index contributed by atoms with van der Waals surface area (Å²) in [5.74, 6) is -0.151. The maximum Gasteiger partial charge on any atom is 0.238 e. The molecular weight excluding hydrogens is 420 g/mol. The van der Waals surface area contributed by atoms with Gasteiger partial charge in [0.05, 0.1) is 0 Å². The Morgan fingerprint density at radius 1 is 0.926 bits per heavy atom. The highest BCUT2D eigenvalue weighted by Gasteiger charge is 2.20. The monoisotopic (exact) mass is 438 g/mol. The highest BCUT2D eigenvalue weighted by atomic mass is 79.9. The summed E-state index contributed by atoms with van der Waals surface area (Å²) in [6.45, 7) is 4.03. The summed E-state index contributed by atoms with van der Waals surface area (Å²) >= 11 is 9.14. The fourth-order valence-corrected chi connectivity index (χ4v) is 3.61. The normalized spacial score (nSPS) is 11.7. The maximum absolute atomic E-state index is 13.4. The zero-order valence-corrected chi connectivity index (χ0v) is 17.5. The summed E-state index contributed by atoms with van der Waals surface area (Å²) in [6, 6.07) is 19.0. The van der Waals surface area contributed by atoms with E-state index in [1.165, 1.54) is 0 Å². The highest BCUT2D eigenvalue weighted by molar-refractivity contribution is 9.10. The summed E-state index contributed by atoms with van der Waals surface area (Å²) in [5.41, 5.74) is 4.04. The van der Waals surface area contributed by atoms with Gasteiger partial charge in [0.1, 0.15) is 0 Å². The van der Waals surface area contributed by atoms with Crippen LogP contribution in [0.4, 0.5) is 5.69 Å². The van der Waals surface area contributed by atoms with Gasteiger partial charge < -0.3 is 10.4 Å². The lowest BCUT2D eigenvalue weighted by Crippen LogP contribution is -2.40. The van der Waals surface area contributed by atoms with E-state index in [1.54, 1.807) is 10.6 Å². The van der Waals surface area contributed by atoms with E-state index in [2.05, 4.69) is 21.2 Å². The smallest absolute Gasteiger partial charge is 0.238 e. The number of para-hydroxylation sites is 1. The van der Waals surface area contributed by atoms with E-state index in [0.29, 0.717) is 16.2 Å². The van der Waals surface area contributed by atoms with Gasteiger partial charge in [0.25, 0.3) is 0 Å². The number of halogens is 1. The third-order valence-electron chi connectivity index (χ3n) is 4.24. The van der Waals surface area contributed by atoms with Gasteiger partial charge in [0.15, 0.2) is 17.4 Å². The lowest BCUT2D eigenvalue weighted by Gasteiger charge is -2.19. The van der Waals surface area contributed by atoms with Crippen LogP contribution in [0.15, 0.2) is 77.5 Å². The molecule has 3 rings (SSSR count). The van der Waals surface area contributed by atoms with Crippen LogP contribution in [0.1, 0.15) is 16.7 Å². The van der Waals surface area contributed by atoms with Crippen LogP contribution in [0.2, 0.25) is 0 Å². The molecule has 1 N–H and O–H groups in total. The number of pyridine rings is 1. The summed E-state index contributed by atoms with van der Waals surface area (Å²) in [6.07, 6.45) is 3.64. The van der Waals surface area contributed by atoms with E-state index < -0.39 is 0 Å². The van der Waals surface area contributed by atoms with Gasteiger partial charge in [0.2, 0.25) is 5.70 Å². The topological polar surface area (TPSA) is 39.0 Å². The van der Waals surface area contributed by atoms with Crippen LogP contribution < -0.4 is 15.0 Å². The molecule has 5 heteroatoms. The lowest BCUT2D eigenvalue weighted by molar-refractivity contribution is -0.577. The number of benzene rings is 2. The summed E-state index contributed by atoms with van der Waals surface area (Å²) in [4.78, 5) is 0.379. The van der Waals surface area contributed by atoms with Crippen molar-refractivity contribution in [2.24, 2.45) is 0 Å². The molecule has 0 unspecified atom stereocenters. The van der Waals surface area contributed by atoms with E-state index in [1.807, 2.05) is 80.8 Å². The van der Waals surface area contributed by atoms with Gasteiger partial charge in [-0.3, -0.25) is 0 Å². The molecule has 0 bridgehead atoms. The molecule has 2 aromatic carbocycles. The molecule has 0 aliphatic rings. The molecular formula is C22H19BrN2OS. The number of hydrogen-bond donors (Lipinski definition) is 1. The second kappa shape index (κ2) is 8.46. The van der Waals surface area contributed by atoms with Crippen molar-refractivity contribution in [1.29, 1.82) is 0 Å². The predicted octanol–water partition coefficient (Wildman–Crippen LogP) is 4.48. The van der Waals surface area contributed by atoms with Crippen molar-refractivity contribution in [3.63, 3.8) is 0 Å². The Kier molecular flexibility index (Phi) is 6.04. The van der Waals surface area contributed by atoms with Crippen LogP contribution in [0, 0.1) is 13.8 Å². The van der Waals surface area contributed by atoms with Gasteiger partial charge >= 0.3 is 0 Å². The molecule has 0 radical (unpaired) electrons. The Morgan fingerprint density at radius 3 is 2.19 bits per heavy atom. The molecule has 3 nitrogen and oxygen atoms in total. The molecule has 3 aromatic rings. The zero-order chi connectivity index (χ0) is 19.4. The van der Waals surface area contributed by atoms with Gasteiger partial charge in [-0.2, -0.15) is 4.57 Å². The number of thiocarbonyl (C=S) groups is 1. The Balaban J connectivity index is 2.12. The second-order valence-electron chi connectivity index (χ2n) is 6.16. The number of aromatic nitrogens is 1. The fourth-order valence-electron chi connectivity index (χ4n) is 2.84. The van der Waals surface area contributed by atoms with Crippen molar-refractivity contribution < 1.29 is 9.67 Å². The minimum absolute atomic E-state index is 0.151. The number of hydrogen-bond acceptors (Lipinski definition) is 2. The molecule has 0 aliphatic carbocycles. The number of nitrogens with zero attached hydrogens (tertiary/aromatic N) is 1.